The molecule has 0 aromatic heterocycles. The fourth-order valence-electron chi connectivity index (χ4n) is 2.75. The lowest BCUT2D eigenvalue weighted by molar-refractivity contribution is -0.118. The highest BCUT2D eigenvalue weighted by atomic mass is 35.5. The zero-order chi connectivity index (χ0) is 16.2. The van der Waals surface area contributed by atoms with Gasteiger partial charge in [0.05, 0.1) is 6.10 Å². The lowest BCUT2D eigenvalue weighted by atomic mass is 9.98. The molecule has 23 heavy (non-hydrogen) atoms. The third-order valence-corrected chi connectivity index (χ3v) is 3.70. The van der Waals surface area contributed by atoms with E-state index in [4.69, 9.17) is 9.84 Å². The molecule has 1 aromatic rings. The first-order valence-electron chi connectivity index (χ1n) is 7.64. The number of benzene rings is 1. The van der Waals surface area contributed by atoms with Crippen molar-refractivity contribution in [1.82, 2.24) is 10.2 Å². The van der Waals surface area contributed by atoms with Crippen molar-refractivity contribution in [2.75, 3.05) is 32.8 Å². The molecular weight excluding hydrogens is 326 g/mol. The van der Waals surface area contributed by atoms with E-state index in [1.807, 2.05) is 13.8 Å². The molecule has 1 fully saturated rings. The normalized spacial score (nSPS) is 17.7. The number of nitrogens with zero attached hydrogens (tertiary/aromatic N) is 1. The van der Waals surface area contributed by atoms with Gasteiger partial charge in [-0.05, 0) is 31.5 Å². The van der Waals surface area contributed by atoms with Crippen molar-refractivity contribution in [2.45, 2.75) is 31.9 Å². The minimum Gasteiger partial charge on any atom is -0.491 e. The number of aliphatic hydroxyl groups is 1. The fourth-order valence-corrected chi connectivity index (χ4v) is 2.75. The van der Waals surface area contributed by atoms with Crippen molar-refractivity contribution in [2.24, 2.45) is 0 Å². The summed E-state index contributed by atoms with van der Waals surface area (Å²) < 4.78 is 34.1. The molecule has 1 atom stereocenters. The number of hydrogen-bond donors (Lipinski definition) is 2. The lowest BCUT2D eigenvalue weighted by Gasteiger charge is -2.38. The summed E-state index contributed by atoms with van der Waals surface area (Å²) in [5.74, 6) is -2.53. The van der Waals surface area contributed by atoms with Crippen LogP contribution < -0.4 is 10.1 Å². The summed E-state index contributed by atoms with van der Waals surface area (Å²) in [4.78, 5) is 1.73. The molecule has 0 unspecified atom stereocenters. The van der Waals surface area contributed by atoms with Gasteiger partial charge in [-0.2, -0.15) is 0 Å². The minimum atomic E-state index is -3.18. The van der Waals surface area contributed by atoms with Gasteiger partial charge in [0, 0.05) is 26.2 Å². The molecular formula is C16H25ClF2N2O2. The summed E-state index contributed by atoms with van der Waals surface area (Å²) in [6.45, 7) is 5.08. The third kappa shape index (κ3) is 5.28. The number of aliphatic hydroxyl groups excluding tert-OH is 1. The molecule has 1 aliphatic heterocycles. The Morgan fingerprint density at radius 2 is 1.78 bits per heavy atom. The van der Waals surface area contributed by atoms with E-state index < -0.39 is 18.6 Å². The number of ether oxygens (including phenoxy) is 1. The predicted octanol–water partition coefficient (Wildman–Crippen LogP) is 2.47. The number of halogens is 3. The Labute approximate surface area is 142 Å². The smallest absolute Gasteiger partial charge is 0.289 e. The van der Waals surface area contributed by atoms with E-state index in [2.05, 4.69) is 5.32 Å². The van der Waals surface area contributed by atoms with E-state index in [9.17, 15) is 8.78 Å². The van der Waals surface area contributed by atoms with Crippen molar-refractivity contribution in [3.8, 4) is 5.75 Å². The maximum Gasteiger partial charge on any atom is 0.289 e. The summed E-state index contributed by atoms with van der Waals surface area (Å²) in [6.07, 6.45) is 0.0358. The largest absolute Gasteiger partial charge is 0.491 e. The molecule has 132 valence electrons. The number of piperazine rings is 1. The van der Waals surface area contributed by atoms with E-state index in [0.717, 1.165) is 0 Å². The highest BCUT2D eigenvalue weighted by Gasteiger charge is 2.43. The molecule has 0 spiro atoms. The number of alkyl halides is 2. The molecule has 0 radical (unpaired) electrons. The highest BCUT2D eigenvalue weighted by molar-refractivity contribution is 5.85. The molecule has 0 amide bonds. The van der Waals surface area contributed by atoms with Gasteiger partial charge >= 0.3 is 0 Å². The molecule has 4 nitrogen and oxygen atoms in total. The van der Waals surface area contributed by atoms with Crippen LogP contribution in [0.15, 0.2) is 24.3 Å². The average molecular weight is 351 g/mol. The van der Waals surface area contributed by atoms with Gasteiger partial charge in [-0.1, -0.05) is 12.1 Å². The molecule has 0 aliphatic carbocycles. The topological polar surface area (TPSA) is 44.7 Å². The summed E-state index contributed by atoms with van der Waals surface area (Å²) in [6, 6.07) is 5.62. The summed E-state index contributed by atoms with van der Waals surface area (Å²) >= 11 is 0. The van der Waals surface area contributed by atoms with E-state index >= 15 is 0 Å². The molecule has 1 aliphatic rings. The van der Waals surface area contributed by atoms with Crippen LogP contribution in [0.1, 0.15) is 25.5 Å². The van der Waals surface area contributed by atoms with Crippen LogP contribution in [0.5, 0.6) is 5.75 Å². The second kappa shape index (κ2) is 8.78. The van der Waals surface area contributed by atoms with Crippen LogP contribution in [-0.2, 0) is 0 Å². The van der Waals surface area contributed by atoms with E-state index in [0.29, 0.717) is 37.5 Å². The van der Waals surface area contributed by atoms with E-state index in [1.54, 1.807) is 29.2 Å². The number of hydrogen-bond acceptors (Lipinski definition) is 4. The van der Waals surface area contributed by atoms with Crippen molar-refractivity contribution in [3.63, 3.8) is 0 Å². The quantitative estimate of drug-likeness (QED) is 0.827. The van der Waals surface area contributed by atoms with Gasteiger partial charge in [0.25, 0.3) is 5.92 Å². The van der Waals surface area contributed by atoms with Gasteiger partial charge < -0.3 is 15.2 Å². The van der Waals surface area contributed by atoms with Crippen LogP contribution in [-0.4, -0.2) is 54.8 Å². The predicted molar refractivity (Wildman–Crippen MR) is 88.7 cm³/mol. The first-order valence-corrected chi connectivity index (χ1v) is 7.64. The van der Waals surface area contributed by atoms with Crippen LogP contribution in [0.3, 0.4) is 0 Å². The molecule has 1 heterocycles. The second-order valence-corrected chi connectivity index (χ2v) is 5.84. The van der Waals surface area contributed by atoms with E-state index in [1.165, 1.54) is 0 Å². The maximum atomic E-state index is 14.3. The van der Waals surface area contributed by atoms with Gasteiger partial charge in [-0.3, -0.25) is 4.90 Å². The Kier molecular flexibility index (Phi) is 7.67. The lowest BCUT2D eigenvalue weighted by Crippen LogP contribution is -2.51. The zero-order valence-electron chi connectivity index (χ0n) is 13.5. The monoisotopic (exact) mass is 350 g/mol. The second-order valence-electron chi connectivity index (χ2n) is 5.84. The standard InChI is InChI=1S/C16H24F2N2O2.ClH/c1-12(2)22-14-5-3-13(4-6-14)15(16(17,18)11-21)20-9-7-19-8-10-20;/h3-6,12,15,19,21H,7-11H2,1-2H3;1H/t15-;/m0./s1. The van der Waals surface area contributed by atoms with Crippen molar-refractivity contribution in [1.29, 1.82) is 0 Å². The number of rotatable bonds is 6. The Morgan fingerprint density at radius 1 is 1.22 bits per heavy atom. The Morgan fingerprint density at radius 3 is 2.26 bits per heavy atom. The Balaban J connectivity index is 0.00000264. The van der Waals surface area contributed by atoms with Gasteiger partial charge in [0.15, 0.2) is 0 Å². The van der Waals surface area contributed by atoms with Crippen LogP contribution >= 0.6 is 12.4 Å². The van der Waals surface area contributed by atoms with Crippen LogP contribution in [0, 0.1) is 0 Å². The van der Waals surface area contributed by atoms with Crippen molar-refractivity contribution < 1.29 is 18.6 Å². The molecule has 1 aromatic carbocycles. The SMILES string of the molecule is CC(C)Oc1ccc([C@H](N2CCNCC2)C(F)(F)CO)cc1.Cl. The molecule has 2 N–H and O–H groups in total. The van der Waals surface area contributed by atoms with Crippen molar-refractivity contribution in [3.05, 3.63) is 29.8 Å². The fraction of sp³-hybridized carbons (Fsp3) is 0.625. The molecule has 0 bridgehead atoms. The number of nitrogens with one attached hydrogen (secondary N) is 1. The molecule has 0 saturated carbocycles. The maximum absolute atomic E-state index is 14.3. The molecule has 1 saturated heterocycles. The van der Waals surface area contributed by atoms with Crippen LogP contribution in [0.2, 0.25) is 0 Å². The Bertz CT molecular complexity index is 466. The first-order chi connectivity index (χ1) is 10.4. The van der Waals surface area contributed by atoms with Gasteiger partial charge in [0.1, 0.15) is 18.4 Å². The summed E-state index contributed by atoms with van der Waals surface area (Å²) in [5.41, 5.74) is 0.497. The van der Waals surface area contributed by atoms with Crippen LogP contribution in [0.25, 0.3) is 0 Å². The highest BCUT2D eigenvalue weighted by Crippen LogP contribution is 2.37. The summed E-state index contributed by atoms with van der Waals surface area (Å²) in [7, 11) is 0. The zero-order valence-corrected chi connectivity index (χ0v) is 14.3. The first kappa shape index (κ1) is 20.1. The van der Waals surface area contributed by atoms with Gasteiger partial charge in [-0.15, -0.1) is 12.4 Å². The van der Waals surface area contributed by atoms with E-state index in [-0.39, 0.29) is 18.5 Å². The van der Waals surface area contributed by atoms with Gasteiger partial charge in [-0.25, -0.2) is 8.78 Å². The third-order valence-electron chi connectivity index (χ3n) is 3.70. The van der Waals surface area contributed by atoms with Crippen LogP contribution in [0.4, 0.5) is 8.78 Å². The molecule has 2 rings (SSSR count). The minimum absolute atomic E-state index is 0. The van der Waals surface area contributed by atoms with Crippen molar-refractivity contribution >= 4 is 12.4 Å². The summed E-state index contributed by atoms with van der Waals surface area (Å²) in [5, 5.41) is 12.3. The van der Waals surface area contributed by atoms with Gasteiger partial charge in [0.2, 0.25) is 0 Å². The average Bonchev–Trinajstić information content (AvgIpc) is 2.49. The molecule has 7 heteroatoms. The Hall–Kier alpha value is -0.950.